The normalized spacial score (nSPS) is 23.0. The van der Waals surface area contributed by atoms with E-state index in [0.29, 0.717) is 35.6 Å². The van der Waals surface area contributed by atoms with E-state index in [0.717, 1.165) is 32.1 Å². The summed E-state index contributed by atoms with van der Waals surface area (Å²) in [5, 5.41) is 14.9. The van der Waals surface area contributed by atoms with Gasteiger partial charge in [-0.3, -0.25) is 19.2 Å². The second-order valence-corrected chi connectivity index (χ2v) is 13.0. The molecule has 0 aromatic heterocycles. The monoisotopic (exact) mass is 682 g/mol. The van der Waals surface area contributed by atoms with Gasteiger partial charge < -0.3 is 34.7 Å². The van der Waals surface area contributed by atoms with Crippen molar-refractivity contribution in [3.8, 4) is 11.5 Å². The number of amides is 2. The van der Waals surface area contributed by atoms with Crippen molar-refractivity contribution in [2.75, 3.05) is 24.0 Å². The van der Waals surface area contributed by atoms with Crippen molar-refractivity contribution in [3.05, 3.63) is 48.5 Å². The zero-order chi connectivity index (χ0) is 36.1. The molecular weight excluding hydrogens is 628 g/mol. The highest BCUT2D eigenvalue weighted by molar-refractivity contribution is 5.94. The van der Waals surface area contributed by atoms with Crippen LogP contribution < -0.4 is 15.4 Å². The van der Waals surface area contributed by atoms with Crippen LogP contribution in [0.25, 0.3) is 0 Å². The van der Waals surface area contributed by atoms with Crippen LogP contribution in [0, 0.1) is 35.5 Å². The van der Waals surface area contributed by atoms with Gasteiger partial charge in [-0.1, -0.05) is 65.8 Å². The highest BCUT2D eigenvalue weighted by atomic mass is 16.7. The summed E-state index contributed by atoms with van der Waals surface area (Å²) in [5.74, 6) is 1.07. The van der Waals surface area contributed by atoms with Gasteiger partial charge >= 0.3 is 11.9 Å². The fraction of sp³-hybridized carbons (Fsp3) is 0.579. The Balaban J connectivity index is 0.000000201. The second kappa shape index (κ2) is 19.2. The molecule has 1 heterocycles. The lowest BCUT2D eigenvalue weighted by molar-refractivity contribution is -0.165. The molecule has 3 N–H and O–H groups in total. The number of anilines is 2. The number of phenols is 1. The third kappa shape index (κ3) is 10.7. The summed E-state index contributed by atoms with van der Waals surface area (Å²) in [5.41, 5.74) is 1.15. The molecule has 11 heteroatoms. The van der Waals surface area contributed by atoms with Gasteiger partial charge in [-0.05, 0) is 63.3 Å². The first kappa shape index (κ1) is 39.3. The summed E-state index contributed by atoms with van der Waals surface area (Å²) in [6.45, 7) is 14.2. The van der Waals surface area contributed by atoms with E-state index in [-0.39, 0.29) is 72.2 Å². The lowest BCUT2D eigenvalue weighted by Gasteiger charge is -2.26. The highest BCUT2D eigenvalue weighted by Crippen LogP contribution is 2.55. The van der Waals surface area contributed by atoms with Crippen molar-refractivity contribution < 1.29 is 43.2 Å². The number of benzene rings is 2. The number of phenolic OH excluding ortho intramolecular Hbond substituents is 1. The van der Waals surface area contributed by atoms with Crippen molar-refractivity contribution in [2.45, 2.75) is 92.8 Å². The summed E-state index contributed by atoms with van der Waals surface area (Å²) < 4.78 is 21.5. The molecule has 2 aromatic carbocycles. The number of hydrogen-bond donors (Lipinski definition) is 3. The SMILES string of the molecule is CCC(C)C(=O)Nc1ccccc1O.CCC(C)C(=O)OC1C2CC3C(=O)OC1C3C2.CCOCOc1ccccc1NC(=O)C(C)CC. The molecule has 2 aliphatic carbocycles. The summed E-state index contributed by atoms with van der Waals surface area (Å²) in [6.07, 6.45) is 3.89. The van der Waals surface area contributed by atoms with E-state index in [9.17, 15) is 24.3 Å². The Kier molecular flexibility index (Phi) is 15.4. The van der Waals surface area contributed by atoms with Gasteiger partial charge in [0.2, 0.25) is 11.8 Å². The number of ether oxygens (including phenoxy) is 4. The first-order chi connectivity index (χ1) is 23.4. The van der Waals surface area contributed by atoms with E-state index in [1.54, 1.807) is 24.3 Å². The molecule has 2 bridgehead atoms. The van der Waals surface area contributed by atoms with Crippen LogP contribution in [-0.2, 0) is 33.4 Å². The topological polar surface area (TPSA) is 149 Å². The number of hydrogen-bond acceptors (Lipinski definition) is 9. The van der Waals surface area contributed by atoms with Crippen LogP contribution in [0.2, 0.25) is 0 Å². The molecule has 1 saturated heterocycles. The summed E-state index contributed by atoms with van der Waals surface area (Å²) in [7, 11) is 0. The summed E-state index contributed by atoms with van der Waals surface area (Å²) in [4.78, 5) is 46.7. The average Bonchev–Trinajstić information content (AvgIpc) is 3.75. The van der Waals surface area contributed by atoms with Gasteiger partial charge in [0, 0.05) is 30.3 Å². The van der Waals surface area contributed by atoms with Gasteiger partial charge in [-0.15, -0.1) is 0 Å². The first-order valence-electron chi connectivity index (χ1n) is 17.6. The Hall–Kier alpha value is -4.12. The third-order valence-corrected chi connectivity index (χ3v) is 9.61. The van der Waals surface area contributed by atoms with E-state index < -0.39 is 0 Å². The molecule has 5 rings (SSSR count). The molecule has 3 fully saturated rings. The second-order valence-electron chi connectivity index (χ2n) is 13.0. The maximum absolute atomic E-state index is 11.8. The highest BCUT2D eigenvalue weighted by Gasteiger charge is 2.63. The molecule has 8 atom stereocenters. The van der Waals surface area contributed by atoms with Crippen molar-refractivity contribution >= 4 is 35.1 Å². The quantitative estimate of drug-likeness (QED) is 0.0883. The number of para-hydroxylation sites is 4. The van der Waals surface area contributed by atoms with Gasteiger partial charge in [-0.25, -0.2) is 0 Å². The summed E-state index contributed by atoms with van der Waals surface area (Å²) >= 11 is 0. The predicted octanol–water partition coefficient (Wildman–Crippen LogP) is 6.95. The number of aromatic hydroxyl groups is 1. The molecular formula is C38H54N2O9. The van der Waals surface area contributed by atoms with Gasteiger partial charge in [0.05, 0.1) is 23.2 Å². The van der Waals surface area contributed by atoms with Crippen LogP contribution in [0.4, 0.5) is 11.4 Å². The van der Waals surface area contributed by atoms with Crippen molar-refractivity contribution in [2.24, 2.45) is 35.5 Å². The average molecular weight is 683 g/mol. The molecule has 2 aromatic rings. The number of rotatable bonds is 13. The fourth-order valence-electron chi connectivity index (χ4n) is 5.83. The molecule has 8 unspecified atom stereocenters. The lowest BCUT2D eigenvalue weighted by atomic mass is 9.88. The standard InChI is InChI=1S/C14H21NO3.C13H18O4.C11H15NO2/c1-4-11(3)14(16)15-12-8-6-7-9-13(12)18-10-17-5-2;1-3-6(2)12(14)16-10-7-4-8-9(5-7)13(15)17-11(8)10;1-3-8(2)11(14)12-9-6-4-5-7-10(9)13/h6-9,11H,4-5,10H2,1-3H3,(H,15,16);6-11H,3-5H2,1-2H3;4-8,13H,3H2,1-2H3,(H,12,14). The lowest BCUT2D eigenvalue weighted by Crippen LogP contribution is -2.37. The van der Waals surface area contributed by atoms with Crippen LogP contribution >= 0.6 is 0 Å². The maximum atomic E-state index is 11.8. The largest absolute Gasteiger partial charge is 0.506 e. The minimum Gasteiger partial charge on any atom is -0.506 e. The van der Waals surface area contributed by atoms with Gasteiger partial charge in [-0.2, -0.15) is 0 Å². The number of esters is 2. The van der Waals surface area contributed by atoms with Crippen LogP contribution in [0.15, 0.2) is 48.5 Å². The summed E-state index contributed by atoms with van der Waals surface area (Å²) in [6, 6.07) is 14.1. The van der Waals surface area contributed by atoms with Crippen LogP contribution in [0.1, 0.15) is 80.6 Å². The first-order valence-corrected chi connectivity index (χ1v) is 17.6. The number of carbonyl (C=O) groups excluding carboxylic acids is 4. The minimum atomic E-state index is -0.177. The van der Waals surface area contributed by atoms with E-state index in [2.05, 4.69) is 10.6 Å². The van der Waals surface area contributed by atoms with Crippen molar-refractivity contribution in [1.82, 2.24) is 0 Å². The van der Waals surface area contributed by atoms with E-state index >= 15 is 0 Å². The van der Waals surface area contributed by atoms with E-state index in [1.165, 1.54) is 0 Å². The molecule has 2 saturated carbocycles. The number of carbonyl (C=O) groups is 4. The number of nitrogens with one attached hydrogen (secondary N) is 2. The van der Waals surface area contributed by atoms with Crippen LogP contribution in [0.5, 0.6) is 11.5 Å². The van der Waals surface area contributed by atoms with E-state index in [1.807, 2.05) is 72.7 Å². The molecule has 0 radical (unpaired) electrons. The fourth-order valence-corrected chi connectivity index (χ4v) is 5.83. The molecule has 11 nitrogen and oxygen atoms in total. The van der Waals surface area contributed by atoms with Crippen molar-refractivity contribution in [1.29, 1.82) is 0 Å². The van der Waals surface area contributed by atoms with Crippen molar-refractivity contribution in [3.63, 3.8) is 0 Å². The Morgan fingerprint density at radius 3 is 2.00 bits per heavy atom. The molecule has 49 heavy (non-hydrogen) atoms. The maximum Gasteiger partial charge on any atom is 0.309 e. The van der Waals surface area contributed by atoms with Gasteiger partial charge in [0.25, 0.3) is 0 Å². The molecule has 270 valence electrons. The zero-order valence-electron chi connectivity index (χ0n) is 29.9. The zero-order valence-corrected chi connectivity index (χ0v) is 29.9. The Labute approximate surface area is 290 Å². The third-order valence-electron chi connectivity index (χ3n) is 9.61. The molecule has 1 aliphatic heterocycles. The minimum absolute atomic E-state index is 0.00459. The molecule has 0 spiro atoms. The van der Waals surface area contributed by atoms with E-state index in [4.69, 9.17) is 18.9 Å². The van der Waals surface area contributed by atoms with Gasteiger partial charge in [0.15, 0.2) is 6.79 Å². The van der Waals surface area contributed by atoms with Crippen LogP contribution in [0.3, 0.4) is 0 Å². The Bertz CT molecular complexity index is 1400. The smallest absolute Gasteiger partial charge is 0.309 e. The predicted molar refractivity (Wildman–Crippen MR) is 187 cm³/mol. The number of fused-ring (bicyclic) bond motifs is 1. The van der Waals surface area contributed by atoms with Gasteiger partial charge in [0.1, 0.15) is 23.7 Å². The Morgan fingerprint density at radius 2 is 1.41 bits per heavy atom. The van der Waals surface area contributed by atoms with Crippen LogP contribution in [-0.4, -0.2) is 54.5 Å². The molecule has 2 amide bonds. The molecule has 3 aliphatic rings. The Morgan fingerprint density at radius 1 is 0.837 bits per heavy atom.